The maximum atomic E-state index is 13.2. The summed E-state index contributed by atoms with van der Waals surface area (Å²) in [6, 6.07) is 2.09. The lowest BCUT2D eigenvalue weighted by atomic mass is 10.0. The second-order valence-electron chi connectivity index (χ2n) is 3.73. The molecule has 0 aliphatic rings. The monoisotopic (exact) mass is 330 g/mol. The Hall–Kier alpha value is -0.660. The van der Waals surface area contributed by atoms with Crippen molar-refractivity contribution >= 4 is 15.9 Å². The van der Waals surface area contributed by atoms with E-state index in [-0.39, 0.29) is 12.0 Å². The van der Waals surface area contributed by atoms with Crippen LogP contribution in [0.3, 0.4) is 0 Å². The quantitative estimate of drug-likeness (QED) is 0.658. The fourth-order valence-corrected chi connectivity index (χ4v) is 1.91. The summed E-state index contributed by atoms with van der Waals surface area (Å²) in [5, 5.41) is 19.5. The van der Waals surface area contributed by atoms with Crippen molar-refractivity contribution in [1.29, 1.82) is 0 Å². The zero-order valence-electron chi connectivity index (χ0n) is 9.09. The Bertz CT molecular complexity index is 409. The maximum Gasteiger partial charge on any atom is 0.419 e. The lowest BCUT2D eigenvalue weighted by Crippen LogP contribution is -2.19. The molecule has 0 fully saturated rings. The lowest BCUT2D eigenvalue weighted by Gasteiger charge is -2.18. The highest BCUT2D eigenvalue weighted by atomic mass is 79.9. The van der Waals surface area contributed by atoms with Crippen LogP contribution < -0.4 is 0 Å². The van der Waals surface area contributed by atoms with Crippen molar-refractivity contribution in [2.75, 3.05) is 5.33 Å². The Morgan fingerprint density at radius 2 is 1.83 bits per heavy atom. The van der Waals surface area contributed by atoms with Gasteiger partial charge in [0.15, 0.2) is 0 Å². The molecule has 18 heavy (non-hydrogen) atoms. The van der Waals surface area contributed by atoms with Gasteiger partial charge in [0.25, 0.3) is 0 Å². The van der Waals surface area contributed by atoms with E-state index < -0.39 is 29.8 Å². The van der Waals surface area contributed by atoms with Crippen LogP contribution in [0.2, 0.25) is 0 Å². The molecule has 2 nitrogen and oxygen atoms in total. The van der Waals surface area contributed by atoms with Crippen LogP contribution in [0.25, 0.3) is 0 Å². The van der Waals surface area contributed by atoms with E-state index in [1.54, 1.807) is 0 Å². The van der Waals surface area contributed by atoms with E-state index in [1.807, 2.05) is 0 Å². The van der Waals surface area contributed by atoms with Crippen LogP contribution in [0.4, 0.5) is 17.6 Å². The molecule has 2 atom stereocenters. The highest BCUT2D eigenvalue weighted by molar-refractivity contribution is 9.09. The predicted molar refractivity (Wildman–Crippen MR) is 60.8 cm³/mol. The number of rotatable bonds is 4. The number of aliphatic hydroxyl groups excluding tert-OH is 2. The topological polar surface area (TPSA) is 40.5 Å². The van der Waals surface area contributed by atoms with Crippen molar-refractivity contribution in [2.45, 2.75) is 24.8 Å². The first-order chi connectivity index (χ1) is 8.27. The van der Waals surface area contributed by atoms with Crippen LogP contribution >= 0.6 is 15.9 Å². The zero-order valence-corrected chi connectivity index (χ0v) is 10.7. The molecule has 0 aliphatic heterocycles. The summed E-state index contributed by atoms with van der Waals surface area (Å²) >= 11 is 3.05. The normalized spacial score (nSPS) is 15.5. The molecule has 0 aliphatic carbocycles. The SMILES string of the molecule is OC(CCBr)C(O)c1ccc(C(F)(F)F)c(F)c1. The third-order valence-corrected chi connectivity index (χ3v) is 2.87. The van der Waals surface area contributed by atoms with Crippen molar-refractivity contribution in [3.63, 3.8) is 0 Å². The van der Waals surface area contributed by atoms with Gasteiger partial charge in [0.05, 0.1) is 11.7 Å². The van der Waals surface area contributed by atoms with Gasteiger partial charge in [-0.1, -0.05) is 22.0 Å². The van der Waals surface area contributed by atoms with E-state index >= 15 is 0 Å². The maximum absolute atomic E-state index is 13.2. The van der Waals surface area contributed by atoms with Gasteiger partial charge in [-0.25, -0.2) is 4.39 Å². The smallest absolute Gasteiger partial charge is 0.390 e. The average Bonchev–Trinajstić information content (AvgIpc) is 2.26. The molecule has 0 aromatic heterocycles. The second-order valence-corrected chi connectivity index (χ2v) is 4.52. The van der Waals surface area contributed by atoms with Gasteiger partial charge in [0.2, 0.25) is 0 Å². The Kier molecular flexibility index (Phi) is 5.12. The number of halogens is 5. The summed E-state index contributed by atoms with van der Waals surface area (Å²) < 4.78 is 50.1. The number of hydrogen-bond acceptors (Lipinski definition) is 2. The number of alkyl halides is 4. The van der Waals surface area contributed by atoms with Crippen LogP contribution in [-0.4, -0.2) is 21.6 Å². The predicted octanol–water partition coefficient (Wildman–Crippen LogP) is 3.02. The van der Waals surface area contributed by atoms with Crippen LogP contribution in [0, 0.1) is 5.82 Å². The van der Waals surface area contributed by atoms with Gasteiger partial charge >= 0.3 is 6.18 Å². The van der Waals surface area contributed by atoms with Gasteiger partial charge in [0, 0.05) is 5.33 Å². The van der Waals surface area contributed by atoms with E-state index in [2.05, 4.69) is 15.9 Å². The summed E-state index contributed by atoms with van der Waals surface area (Å²) in [6.45, 7) is 0. The van der Waals surface area contributed by atoms with Gasteiger partial charge in [0.1, 0.15) is 11.9 Å². The van der Waals surface area contributed by atoms with Gasteiger partial charge in [-0.2, -0.15) is 13.2 Å². The van der Waals surface area contributed by atoms with Gasteiger partial charge in [-0.3, -0.25) is 0 Å². The Labute approximate surface area is 109 Å². The first-order valence-corrected chi connectivity index (χ1v) is 6.18. The fraction of sp³-hybridized carbons (Fsp3) is 0.455. The molecule has 1 rings (SSSR count). The number of hydrogen-bond donors (Lipinski definition) is 2. The molecular formula is C11H11BrF4O2. The van der Waals surface area contributed by atoms with E-state index in [9.17, 15) is 27.8 Å². The minimum Gasteiger partial charge on any atom is -0.390 e. The van der Waals surface area contributed by atoms with E-state index in [1.165, 1.54) is 0 Å². The molecule has 0 spiro atoms. The molecule has 0 radical (unpaired) electrons. The first kappa shape index (κ1) is 15.4. The van der Waals surface area contributed by atoms with Crippen LogP contribution in [-0.2, 0) is 6.18 Å². The van der Waals surface area contributed by atoms with E-state index in [4.69, 9.17) is 0 Å². The molecular weight excluding hydrogens is 320 g/mol. The van der Waals surface area contributed by atoms with Crippen molar-refractivity contribution in [3.8, 4) is 0 Å². The third kappa shape index (κ3) is 3.66. The summed E-state index contributed by atoms with van der Waals surface area (Å²) in [6.07, 6.45) is -7.16. The minimum absolute atomic E-state index is 0.0889. The number of aliphatic hydroxyl groups is 2. The van der Waals surface area contributed by atoms with Crippen molar-refractivity contribution in [2.24, 2.45) is 0 Å². The highest BCUT2D eigenvalue weighted by Gasteiger charge is 2.34. The minimum atomic E-state index is -4.78. The lowest BCUT2D eigenvalue weighted by molar-refractivity contribution is -0.140. The van der Waals surface area contributed by atoms with Crippen molar-refractivity contribution in [1.82, 2.24) is 0 Å². The molecule has 0 saturated heterocycles. The van der Waals surface area contributed by atoms with Gasteiger partial charge in [-0.15, -0.1) is 0 Å². The Morgan fingerprint density at radius 3 is 2.28 bits per heavy atom. The molecule has 0 amide bonds. The Morgan fingerprint density at radius 1 is 1.22 bits per heavy atom. The van der Waals surface area contributed by atoms with Crippen LogP contribution in [0.5, 0.6) is 0 Å². The van der Waals surface area contributed by atoms with E-state index in [0.29, 0.717) is 17.5 Å². The molecule has 1 aromatic carbocycles. The molecule has 2 unspecified atom stereocenters. The van der Waals surface area contributed by atoms with Gasteiger partial charge < -0.3 is 10.2 Å². The molecule has 102 valence electrons. The zero-order chi connectivity index (χ0) is 13.9. The highest BCUT2D eigenvalue weighted by Crippen LogP contribution is 2.33. The molecule has 2 N–H and O–H groups in total. The fourth-order valence-electron chi connectivity index (χ4n) is 1.44. The molecule has 0 bridgehead atoms. The van der Waals surface area contributed by atoms with Crippen LogP contribution in [0.1, 0.15) is 23.7 Å². The summed E-state index contributed by atoms with van der Waals surface area (Å²) in [4.78, 5) is 0. The molecule has 0 heterocycles. The van der Waals surface area contributed by atoms with Gasteiger partial charge in [-0.05, 0) is 24.1 Å². The summed E-state index contributed by atoms with van der Waals surface area (Å²) in [5.74, 6) is -1.47. The van der Waals surface area contributed by atoms with Crippen molar-refractivity contribution < 1.29 is 27.8 Å². The Balaban J connectivity index is 2.97. The summed E-state index contributed by atoms with van der Waals surface area (Å²) in [5.41, 5.74) is -1.48. The largest absolute Gasteiger partial charge is 0.419 e. The third-order valence-electron chi connectivity index (χ3n) is 2.41. The standard InChI is InChI=1S/C11H11BrF4O2/c12-4-3-9(17)10(18)6-1-2-7(8(13)5-6)11(14,15)16/h1-2,5,9-10,17-18H,3-4H2. The average molecular weight is 331 g/mol. The molecule has 1 aromatic rings. The van der Waals surface area contributed by atoms with Crippen molar-refractivity contribution in [3.05, 3.63) is 35.1 Å². The first-order valence-electron chi connectivity index (χ1n) is 5.06. The molecule has 0 saturated carbocycles. The number of benzene rings is 1. The molecule has 7 heteroatoms. The van der Waals surface area contributed by atoms with Crippen LogP contribution in [0.15, 0.2) is 18.2 Å². The van der Waals surface area contributed by atoms with E-state index in [0.717, 1.165) is 6.07 Å². The summed E-state index contributed by atoms with van der Waals surface area (Å²) in [7, 11) is 0. The second kappa shape index (κ2) is 5.99.